The average molecular weight is 480 g/mol. The van der Waals surface area contributed by atoms with Gasteiger partial charge in [0.15, 0.2) is 0 Å². The minimum atomic E-state index is -1.28. The SMILES string of the molecule is [CH2]CCC(O)(c1cccc(F)c1-c1cccs1)C1CCCN(C(=O)c2ccc(CNC)cc2)C1. The van der Waals surface area contributed by atoms with E-state index in [0.717, 1.165) is 29.8 Å². The average Bonchev–Trinajstić information content (AvgIpc) is 3.39. The number of halogens is 1. The van der Waals surface area contributed by atoms with E-state index < -0.39 is 5.60 Å². The third kappa shape index (κ3) is 4.95. The molecule has 179 valence electrons. The molecule has 4 rings (SSSR count). The molecular weight excluding hydrogens is 447 g/mol. The van der Waals surface area contributed by atoms with Gasteiger partial charge in [-0.25, -0.2) is 4.39 Å². The fraction of sp³-hybridized carbons (Fsp3) is 0.357. The first-order valence-corrected chi connectivity index (χ1v) is 12.7. The van der Waals surface area contributed by atoms with Crippen LogP contribution in [0.15, 0.2) is 60.0 Å². The molecule has 2 aromatic carbocycles. The highest BCUT2D eigenvalue weighted by molar-refractivity contribution is 7.13. The zero-order chi connectivity index (χ0) is 24.1. The van der Waals surface area contributed by atoms with E-state index >= 15 is 4.39 Å². The van der Waals surface area contributed by atoms with Gasteiger partial charge in [-0.2, -0.15) is 0 Å². The summed E-state index contributed by atoms with van der Waals surface area (Å²) >= 11 is 1.46. The summed E-state index contributed by atoms with van der Waals surface area (Å²) in [6.07, 6.45) is 2.47. The molecule has 1 saturated heterocycles. The van der Waals surface area contributed by atoms with E-state index in [9.17, 15) is 9.90 Å². The molecule has 2 unspecified atom stereocenters. The van der Waals surface area contributed by atoms with Crippen LogP contribution in [0.5, 0.6) is 0 Å². The Morgan fingerprint density at radius 2 is 2.03 bits per heavy atom. The maximum Gasteiger partial charge on any atom is 0.253 e. The van der Waals surface area contributed by atoms with Crippen LogP contribution < -0.4 is 5.32 Å². The lowest BCUT2D eigenvalue weighted by molar-refractivity contribution is -0.0547. The number of piperidine rings is 1. The molecule has 1 aliphatic rings. The molecule has 1 amide bonds. The molecule has 1 radical (unpaired) electrons. The predicted molar refractivity (Wildman–Crippen MR) is 136 cm³/mol. The van der Waals surface area contributed by atoms with Crippen molar-refractivity contribution in [2.45, 2.75) is 37.8 Å². The molecule has 1 aromatic heterocycles. The number of carbonyl (C=O) groups excluding carboxylic acids is 1. The van der Waals surface area contributed by atoms with Gasteiger partial charge in [-0.3, -0.25) is 4.79 Å². The van der Waals surface area contributed by atoms with Crippen molar-refractivity contribution in [2.24, 2.45) is 5.92 Å². The van der Waals surface area contributed by atoms with Gasteiger partial charge in [0.05, 0.1) is 5.60 Å². The summed E-state index contributed by atoms with van der Waals surface area (Å²) in [6.45, 7) is 5.82. The van der Waals surface area contributed by atoms with Gasteiger partial charge >= 0.3 is 0 Å². The van der Waals surface area contributed by atoms with Crippen LogP contribution in [-0.2, 0) is 12.1 Å². The Balaban J connectivity index is 1.64. The van der Waals surface area contributed by atoms with Crippen LogP contribution in [0.25, 0.3) is 10.4 Å². The monoisotopic (exact) mass is 479 g/mol. The van der Waals surface area contributed by atoms with E-state index in [-0.39, 0.29) is 17.6 Å². The van der Waals surface area contributed by atoms with Crippen molar-refractivity contribution in [3.05, 3.63) is 89.4 Å². The van der Waals surface area contributed by atoms with Crippen molar-refractivity contribution in [3.63, 3.8) is 0 Å². The molecule has 2 atom stereocenters. The smallest absolute Gasteiger partial charge is 0.253 e. The van der Waals surface area contributed by atoms with Crippen LogP contribution in [0.2, 0.25) is 0 Å². The van der Waals surface area contributed by atoms with Gasteiger partial charge in [0.2, 0.25) is 0 Å². The van der Waals surface area contributed by atoms with Gasteiger partial charge in [0.25, 0.3) is 5.91 Å². The summed E-state index contributed by atoms with van der Waals surface area (Å²) in [7, 11) is 1.89. The standard InChI is InChI=1S/C28H32FN2O2S/c1-3-15-28(33,23-8-4-9-24(29)26(23)25-10-6-17-34-25)22-7-5-16-31(19-22)27(32)21-13-11-20(12-14-21)18-30-2/h4,6,8-14,17,22,30,33H,1,3,5,7,15-16,18-19H2,2H3. The summed E-state index contributed by atoms with van der Waals surface area (Å²) in [5.74, 6) is -0.584. The molecule has 0 bridgehead atoms. The number of hydrogen-bond donors (Lipinski definition) is 2. The zero-order valence-electron chi connectivity index (χ0n) is 19.6. The molecular formula is C28H32FN2O2S. The first-order valence-electron chi connectivity index (χ1n) is 11.8. The van der Waals surface area contributed by atoms with E-state index in [1.807, 2.05) is 59.8 Å². The van der Waals surface area contributed by atoms with E-state index in [1.165, 1.54) is 17.4 Å². The van der Waals surface area contributed by atoms with Crippen LogP contribution in [0, 0.1) is 18.7 Å². The third-order valence-corrected chi connectivity index (χ3v) is 7.66. The maximum atomic E-state index is 15.1. The van der Waals surface area contributed by atoms with E-state index in [0.29, 0.717) is 42.6 Å². The van der Waals surface area contributed by atoms with Crippen LogP contribution >= 0.6 is 11.3 Å². The molecule has 3 aromatic rings. The van der Waals surface area contributed by atoms with Crippen molar-refractivity contribution >= 4 is 17.2 Å². The van der Waals surface area contributed by atoms with Crippen molar-refractivity contribution in [1.82, 2.24) is 10.2 Å². The highest BCUT2D eigenvalue weighted by Crippen LogP contribution is 2.45. The number of likely N-dealkylation sites (tertiary alicyclic amines) is 1. The lowest BCUT2D eigenvalue weighted by Gasteiger charge is -2.43. The molecule has 0 spiro atoms. The number of carbonyl (C=O) groups is 1. The van der Waals surface area contributed by atoms with Gasteiger partial charge in [0.1, 0.15) is 5.82 Å². The Hall–Kier alpha value is -2.54. The Kier molecular flexibility index (Phi) is 7.81. The second-order valence-electron chi connectivity index (χ2n) is 8.99. The molecule has 6 heteroatoms. The highest BCUT2D eigenvalue weighted by Gasteiger charge is 2.43. The van der Waals surface area contributed by atoms with Gasteiger partial charge in [-0.15, -0.1) is 11.3 Å². The van der Waals surface area contributed by atoms with Crippen LogP contribution in [0.1, 0.15) is 47.2 Å². The number of amides is 1. The summed E-state index contributed by atoms with van der Waals surface area (Å²) in [5, 5.41) is 17.2. The van der Waals surface area contributed by atoms with Crippen LogP contribution in [0.4, 0.5) is 4.39 Å². The van der Waals surface area contributed by atoms with Gasteiger partial charge in [-0.05, 0) is 67.1 Å². The Labute approximate surface area is 205 Å². The molecule has 0 saturated carbocycles. The molecule has 2 heterocycles. The van der Waals surface area contributed by atoms with Crippen molar-refractivity contribution < 1.29 is 14.3 Å². The first kappa shape index (κ1) is 24.6. The number of nitrogens with one attached hydrogen (secondary N) is 1. The number of thiophene rings is 1. The molecule has 1 fully saturated rings. The van der Waals surface area contributed by atoms with Crippen LogP contribution in [-0.4, -0.2) is 36.1 Å². The summed E-state index contributed by atoms with van der Waals surface area (Å²) < 4.78 is 15.1. The van der Waals surface area contributed by atoms with E-state index in [2.05, 4.69) is 12.2 Å². The minimum absolute atomic E-state index is 0.0320. The molecule has 34 heavy (non-hydrogen) atoms. The predicted octanol–water partition coefficient (Wildman–Crippen LogP) is 5.63. The number of aliphatic hydroxyl groups is 1. The first-order chi connectivity index (χ1) is 16.5. The normalized spacial score (nSPS) is 18.0. The Morgan fingerprint density at radius 1 is 1.24 bits per heavy atom. The molecule has 2 N–H and O–H groups in total. The third-order valence-electron chi connectivity index (χ3n) is 6.77. The fourth-order valence-corrected chi connectivity index (χ4v) is 5.87. The minimum Gasteiger partial charge on any atom is -0.385 e. The second-order valence-corrected chi connectivity index (χ2v) is 9.93. The molecule has 1 aliphatic heterocycles. The second kappa shape index (κ2) is 10.8. The van der Waals surface area contributed by atoms with Crippen LogP contribution in [0.3, 0.4) is 0 Å². The van der Waals surface area contributed by atoms with Gasteiger partial charge < -0.3 is 15.3 Å². The maximum absolute atomic E-state index is 15.1. The summed E-state index contributed by atoms with van der Waals surface area (Å²) in [5.41, 5.74) is 1.53. The van der Waals surface area contributed by atoms with E-state index in [4.69, 9.17) is 0 Å². The quantitative estimate of drug-likeness (QED) is 0.440. The summed E-state index contributed by atoms with van der Waals surface area (Å²) in [6, 6.07) is 16.4. The Morgan fingerprint density at radius 3 is 2.71 bits per heavy atom. The highest BCUT2D eigenvalue weighted by atomic mass is 32.1. The van der Waals surface area contributed by atoms with Gasteiger partial charge in [0, 0.05) is 41.6 Å². The zero-order valence-corrected chi connectivity index (χ0v) is 20.4. The fourth-order valence-electron chi connectivity index (χ4n) is 5.09. The largest absolute Gasteiger partial charge is 0.385 e. The van der Waals surface area contributed by atoms with Crippen molar-refractivity contribution in [2.75, 3.05) is 20.1 Å². The van der Waals surface area contributed by atoms with Crippen molar-refractivity contribution in [3.8, 4) is 10.4 Å². The lowest BCUT2D eigenvalue weighted by Crippen LogP contribution is -2.48. The van der Waals surface area contributed by atoms with Gasteiger partial charge in [-0.1, -0.05) is 43.7 Å². The lowest BCUT2D eigenvalue weighted by atomic mass is 9.72. The topological polar surface area (TPSA) is 52.6 Å². The molecule has 4 nitrogen and oxygen atoms in total. The van der Waals surface area contributed by atoms with E-state index in [1.54, 1.807) is 6.07 Å². The number of rotatable bonds is 8. The molecule has 0 aliphatic carbocycles. The van der Waals surface area contributed by atoms with Crippen molar-refractivity contribution in [1.29, 1.82) is 0 Å². The number of benzene rings is 2. The number of hydrogen-bond acceptors (Lipinski definition) is 4. The Bertz CT molecular complexity index is 1100. The summed E-state index contributed by atoms with van der Waals surface area (Å²) in [4.78, 5) is 15.9. The number of nitrogens with zero attached hydrogens (tertiary/aromatic N) is 1.